The Morgan fingerprint density at radius 2 is 2.00 bits per heavy atom. The van der Waals surface area contributed by atoms with Crippen molar-refractivity contribution in [3.8, 4) is 17.6 Å². The lowest BCUT2D eigenvalue weighted by Crippen LogP contribution is -2.21. The molecular weight excluding hydrogens is 503 g/mol. The third-order valence-corrected chi connectivity index (χ3v) is 6.16. The monoisotopic (exact) mass is 518 g/mol. The van der Waals surface area contributed by atoms with Gasteiger partial charge in [-0.1, -0.05) is 34.1 Å². The molecule has 2 N–H and O–H groups in total. The van der Waals surface area contributed by atoms with Crippen LogP contribution in [-0.2, 0) is 0 Å². The van der Waals surface area contributed by atoms with Crippen molar-refractivity contribution in [3.63, 3.8) is 0 Å². The van der Waals surface area contributed by atoms with Crippen LogP contribution in [0.25, 0.3) is 11.0 Å². The molecule has 3 aromatic carbocycles. The molecule has 1 atom stereocenters. The number of ether oxygens (including phenoxy) is 2. The Hall–Kier alpha value is -4.09. The Labute approximate surface area is 202 Å². The smallest absolute Gasteiger partial charge is 0.379 e. The van der Waals surface area contributed by atoms with Gasteiger partial charge in [-0.05, 0) is 48.9 Å². The first-order chi connectivity index (χ1) is 16.4. The molecule has 0 aliphatic carbocycles. The van der Waals surface area contributed by atoms with Crippen LogP contribution in [0.3, 0.4) is 0 Å². The highest BCUT2D eigenvalue weighted by atomic mass is 79.9. The van der Waals surface area contributed by atoms with Crippen molar-refractivity contribution in [1.29, 1.82) is 5.26 Å². The molecule has 1 aromatic heterocycles. The Morgan fingerprint density at radius 3 is 2.76 bits per heavy atom. The van der Waals surface area contributed by atoms with Gasteiger partial charge in [0, 0.05) is 27.1 Å². The second-order valence-electron chi connectivity index (χ2n) is 7.77. The number of esters is 1. The van der Waals surface area contributed by atoms with Gasteiger partial charge >= 0.3 is 5.97 Å². The fourth-order valence-electron chi connectivity index (χ4n) is 4.08. The van der Waals surface area contributed by atoms with Crippen molar-refractivity contribution in [2.75, 3.05) is 0 Å². The molecule has 8 heteroatoms. The summed E-state index contributed by atoms with van der Waals surface area (Å²) in [6, 6.07) is 18.3. The van der Waals surface area contributed by atoms with Crippen molar-refractivity contribution in [1.82, 2.24) is 0 Å². The van der Waals surface area contributed by atoms with Gasteiger partial charge in [-0.25, -0.2) is 9.18 Å². The third-order valence-electron chi connectivity index (χ3n) is 5.67. The summed E-state index contributed by atoms with van der Waals surface area (Å²) in [4.78, 5) is 12.9. The van der Waals surface area contributed by atoms with Crippen LogP contribution >= 0.6 is 15.9 Å². The Balaban J connectivity index is 1.49. The zero-order valence-corrected chi connectivity index (χ0v) is 19.4. The molecular formula is C26H16BrFN2O4. The van der Waals surface area contributed by atoms with Crippen molar-refractivity contribution >= 4 is 32.9 Å². The van der Waals surface area contributed by atoms with Crippen molar-refractivity contribution in [2.24, 2.45) is 5.73 Å². The minimum atomic E-state index is -0.663. The van der Waals surface area contributed by atoms with Crippen LogP contribution in [0, 0.1) is 24.1 Å². The van der Waals surface area contributed by atoms with E-state index in [1.165, 1.54) is 18.2 Å². The number of aryl methyl sites for hydroxylation is 1. The summed E-state index contributed by atoms with van der Waals surface area (Å²) < 4.78 is 31.6. The van der Waals surface area contributed by atoms with Crippen LogP contribution in [-0.4, -0.2) is 5.97 Å². The number of nitrogens with two attached hydrogens (primary N) is 1. The highest BCUT2D eigenvalue weighted by Gasteiger charge is 2.31. The van der Waals surface area contributed by atoms with E-state index in [1.807, 2.05) is 12.1 Å². The van der Waals surface area contributed by atoms with Crippen molar-refractivity contribution in [3.05, 3.63) is 105 Å². The van der Waals surface area contributed by atoms with Crippen LogP contribution in [0.15, 0.2) is 81.0 Å². The van der Waals surface area contributed by atoms with E-state index in [1.54, 1.807) is 37.3 Å². The topological polar surface area (TPSA) is 98.5 Å². The van der Waals surface area contributed by atoms with E-state index in [4.69, 9.17) is 19.6 Å². The standard InChI is InChI=1S/C26H16BrFN2O4/c1-13-18-7-5-15(27)10-21(18)33-24(13)26(31)32-17-6-8-19-22(11-17)34-25(30)20(12-29)23(19)14-3-2-4-16(28)9-14/h2-11,23H,30H2,1H3. The van der Waals surface area contributed by atoms with Crippen LogP contribution in [0.4, 0.5) is 4.39 Å². The lowest BCUT2D eigenvalue weighted by Gasteiger charge is -2.26. The predicted molar refractivity (Wildman–Crippen MR) is 126 cm³/mol. The molecule has 0 radical (unpaired) electrons. The number of furan rings is 1. The second-order valence-corrected chi connectivity index (χ2v) is 8.68. The second kappa shape index (κ2) is 8.36. The van der Waals surface area contributed by atoms with Crippen LogP contribution < -0.4 is 15.2 Å². The number of benzene rings is 3. The van der Waals surface area contributed by atoms with Crippen LogP contribution in [0.2, 0.25) is 0 Å². The number of carbonyl (C=O) groups is 1. The molecule has 6 nitrogen and oxygen atoms in total. The average molecular weight is 519 g/mol. The molecule has 0 spiro atoms. The lowest BCUT2D eigenvalue weighted by atomic mass is 9.83. The summed E-state index contributed by atoms with van der Waals surface area (Å²) in [6.07, 6.45) is 0. The number of allylic oxidation sites excluding steroid dienone is 1. The van der Waals surface area contributed by atoms with Gasteiger partial charge in [-0.3, -0.25) is 0 Å². The van der Waals surface area contributed by atoms with E-state index < -0.39 is 17.7 Å². The molecule has 4 aromatic rings. The summed E-state index contributed by atoms with van der Waals surface area (Å²) in [7, 11) is 0. The number of nitriles is 1. The summed E-state index contributed by atoms with van der Waals surface area (Å²) in [5, 5.41) is 10.5. The summed E-state index contributed by atoms with van der Waals surface area (Å²) >= 11 is 3.39. The van der Waals surface area contributed by atoms with Crippen LogP contribution in [0.1, 0.15) is 33.2 Å². The summed E-state index contributed by atoms with van der Waals surface area (Å²) in [5.74, 6) is -1.20. The molecule has 168 valence electrons. The van der Waals surface area contributed by atoms with Gasteiger partial charge in [0.1, 0.15) is 34.5 Å². The number of hydrogen-bond acceptors (Lipinski definition) is 6. The van der Waals surface area contributed by atoms with Gasteiger partial charge in [0.2, 0.25) is 11.6 Å². The molecule has 1 aliphatic rings. The quantitative estimate of drug-likeness (QED) is 0.260. The maximum atomic E-state index is 13.9. The Bertz CT molecular complexity index is 1550. The first-order valence-corrected chi connectivity index (χ1v) is 11.0. The highest BCUT2D eigenvalue weighted by molar-refractivity contribution is 9.10. The van der Waals surface area contributed by atoms with Crippen molar-refractivity contribution in [2.45, 2.75) is 12.8 Å². The predicted octanol–water partition coefficient (Wildman–Crippen LogP) is 6.08. The molecule has 0 amide bonds. The van der Waals surface area contributed by atoms with E-state index in [-0.39, 0.29) is 23.0 Å². The molecule has 5 rings (SSSR count). The van der Waals surface area contributed by atoms with Crippen molar-refractivity contribution < 1.29 is 23.1 Å². The molecule has 0 saturated heterocycles. The molecule has 2 heterocycles. The molecule has 1 unspecified atom stereocenters. The van der Waals surface area contributed by atoms with Crippen LogP contribution in [0.5, 0.6) is 11.5 Å². The highest BCUT2D eigenvalue weighted by Crippen LogP contribution is 2.43. The zero-order chi connectivity index (χ0) is 24.0. The minimum absolute atomic E-state index is 0.0913. The average Bonchev–Trinajstić information content (AvgIpc) is 3.13. The largest absolute Gasteiger partial charge is 0.449 e. The SMILES string of the molecule is Cc1c(C(=O)Oc2ccc3c(c2)OC(N)=C(C#N)C3c2cccc(F)c2)oc2cc(Br)ccc12. The summed E-state index contributed by atoms with van der Waals surface area (Å²) in [6.45, 7) is 1.78. The van der Waals surface area contributed by atoms with Gasteiger partial charge in [0.05, 0.1) is 5.92 Å². The van der Waals surface area contributed by atoms with Gasteiger partial charge in [-0.15, -0.1) is 0 Å². The maximum Gasteiger partial charge on any atom is 0.379 e. The lowest BCUT2D eigenvalue weighted by molar-refractivity contribution is 0.0702. The first kappa shape index (κ1) is 21.7. The zero-order valence-electron chi connectivity index (χ0n) is 17.8. The van der Waals surface area contributed by atoms with Gasteiger partial charge < -0.3 is 19.6 Å². The number of halogens is 2. The number of carbonyl (C=O) groups excluding carboxylic acids is 1. The molecule has 1 aliphatic heterocycles. The first-order valence-electron chi connectivity index (χ1n) is 10.2. The fourth-order valence-corrected chi connectivity index (χ4v) is 4.42. The van der Waals surface area contributed by atoms with E-state index in [0.717, 1.165) is 9.86 Å². The molecule has 0 fully saturated rings. The summed E-state index contributed by atoms with van der Waals surface area (Å²) in [5.41, 5.74) is 8.55. The Morgan fingerprint density at radius 1 is 1.18 bits per heavy atom. The molecule has 0 saturated carbocycles. The van der Waals surface area contributed by atoms with Gasteiger partial charge in [0.25, 0.3) is 0 Å². The van der Waals surface area contributed by atoms with E-state index in [2.05, 4.69) is 22.0 Å². The molecule has 34 heavy (non-hydrogen) atoms. The Kier molecular flexibility index (Phi) is 5.34. The molecule has 0 bridgehead atoms. The van der Waals surface area contributed by atoms with Gasteiger partial charge in [0.15, 0.2) is 0 Å². The maximum absolute atomic E-state index is 13.9. The fraction of sp³-hybridized carbons (Fsp3) is 0.0769. The number of rotatable bonds is 3. The van der Waals surface area contributed by atoms with E-state index in [0.29, 0.717) is 28.0 Å². The number of fused-ring (bicyclic) bond motifs is 2. The van der Waals surface area contributed by atoms with E-state index in [9.17, 15) is 14.4 Å². The third kappa shape index (κ3) is 3.70. The normalized spacial score (nSPS) is 14.9. The van der Waals surface area contributed by atoms with Gasteiger partial charge in [-0.2, -0.15) is 5.26 Å². The number of hydrogen-bond donors (Lipinski definition) is 1. The minimum Gasteiger partial charge on any atom is -0.449 e. The number of nitrogens with zero attached hydrogens (tertiary/aromatic N) is 1. The van der Waals surface area contributed by atoms with E-state index >= 15 is 0 Å².